The maximum Gasteiger partial charge on any atom is 0.202 e. The lowest BCUT2D eigenvalue weighted by molar-refractivity contribution is 0.0817. The van der Waals surface area contributed by atoms with Gasteiger partial charge in [0.05, 0.1) is 11.6 Å². The highest BCUT2D eigenvalue weighted by atomic mass is 16.5. The van der Waals surface area contributed by atoms with Crippen molar-refractivity contribution in [2.45, 2.75) is 26.9 Å². The Morgan fingerprint density at radius 1 is 1.14 bits per heavy atom. The third-order valence-electron chi connectivity index (χ3n) is 3.33. The SMILES string of the molecule is Cc1ccc(C(=O)C(C)Oc2cc(C#N)ccc2C)cc1. The van der Waals surface area contributed by atoms with E-state index >= 15 is 0 Å². The summed E-state index contributed by atoms with van der Waals surface area (Å²) in [6, 6.07) is 14.7. The van der Waals surface area contributed by atoms with Gasteiger partial charge < -0.3 is 4.74 Å². The topological polar surface area (TPSA) is 50.1 Å². The number of carbonyl (C=O) groups excluding carboxylic acids is 1. The zero-order valence-corrected chi connectivity index (χ0v) is 12.4. The average molecular weight is 279 g/mol. The Hall–Kier alpha value is -2.60. The Bertz CT molecular complexity index is 696. The monoisotopic (exact) mass is 279 g/mol. The second-order valence-corrected chi connectivity index (χ2v) is 5.08. The van der Waals surface area contributed by atoms with Gasteiger partial charge in [0.2, 0.25) is 5.78 Å². The van der Waals surface area contributed by atoms with E-state index in [2.05, 4.69) is 6.07 Å². The van der Waals surface area contributed by atoms with Crippen molar-refractivity contribution in [3.05, 3.63) is 64.7 Å². The normalized spacial score (nSPS) is 11.5. The highest BCUT2D eigenvalue weighted by Crippen LogP contribution is 2.21. The second-order valence-electron chi connectivity index (χ2n) is 5.08. The van der Waals surface area contributed by atoms with Crippen molar-refractivity contribution in [3.63, 3.8) is 0 Å². The largest absolute Gasteiger partial charge is 0.482 e. The maximum atomic E-state index is 12.3. The van der Waals surface area contributed by atoms with E-state index in [9.17, 15) is 4.79 Å². The molecule has 1 unspecified atom stereocenters. The molecule has 1 atom stereocenters. The fourth-order valence-corrected chi connectivity index (χ4v) is 1.99. The fraction of sp³-hybridized carbons (Fsp3) is 0.222. The predicted molar refractivity (Wildman–Crippen MR) is 81.5 cm³/mol. The molecule has 0 spiro atoms. The molecule has 0 saturated carbocycles. The third kappa shape index (κ3) is 3.49. The van der Waals surface area contributed by atoms with Crippen LogP contribution in [0.25, 0.3) is 0 Å². The quantitative estimate of drug-likeness (QED) is 0.799. The van der Waals surface area contributed by atoms with Gasteiger partial charge >= 0.3 is 0 Å². The van der Waals surface area contributed by atoms with Crippen molar-refractivity contribution in [2.75, 3.05) is 0 Å². The molecule has 3 nitrogen and oxygen atoms in total. The van der Waals surface area contributed by atoms with Crippen LogP contribution in [0.15, 0.2) is 42.5 Å². The summed E-state index contributed by atoms with van der Waals surface area (Å²) in [6.45, 7) is 5.59. The Balaban J connectivity index is 2.18. The first kappa shape index (κ1) is 14.8. The van der Waals surface area contributed by atoms with E-state index in [1.165, 1.54) is 0 Å². The Labute approximate surface area is 124 Å². The minimum absolute atomic E-state index is 0.0724. The van der Waals surface area contributed by atoms with Crippen molar-refractivity contribution >= 4 is 5.78 Å². The van der Waals surface area contributed by atoms with Gasteiger partial charge in [0.1, 0.15) is 5.75 Å². The van der Waals surface area contributed by atoms with E-state index in [0.29, 0.717) is 16.9 Å². The minimum atomic E-state index is -0.597. The summed E-state index contributed by atoms with van der Waals surface area (Å²) in [5.74, 6) is 0.499. The number of benzene rings is 2. The first-order valence-electron chi connectivity index (χ1n) is 6.79. The van der Waals surface area contributed by atoms with Crippen LogP contribution in [0.1, 0.15) is 34.0 Å². The van der Waals surface area contributed by atoms with Crippen LogP contribution < -0.4 is 4.74 Å². The number of aryl methyl sites for hydroxylation is 2. The number of Topliss-reactive ketones (excluding diaryl/α,β-unsaturated/α-hetero) is 1. The molecule has 0 saturated heterocycles. The molecule has 106 valence electrons. The van der Waals surface area contributed by atoms with Gasteiger partial charge in [-0.2, -0.15) is 5.26 Å². The molecule has 0 bridgehead atoms. The van der Waals surface area contributed by atoms with Gasteiger partial charge in [0.15, 0.2) is 6.10 Å². The molecule has 0 radical (unpaired) electrons. The molecule has 0 N–H and O–H groups in total. The smallest absolute Gasteiger partial charge is 0.202 e. The van der Waals surface area contributed by atoms with Crippen LogP contribution in [0.2, 0.25) is 0 Å². The molecule has 2 aromatic carbocycles. The van der Waals surface area contributed by atoms with E-state index in [0.717, 1.165) is 11.1 Å². The lowest BCUT2D eigenvalue weighted by Crippen LogP contribution is -2.24. The predicted octanol–water partition coefficient (Wildman–Crippen LogP) is 3.83. The van der Waals surface area contributed by atoms with Crippen LogP contribution in [0.4, 0.5) is 0 Å². The first-order valence-corrected chi connectivity index (χ1v) is 6.79. The molecule has 2 rings (SSSR count). The number of rotatable bonds is 4. The number of nitriles is 1. The number of hydrogen-bond donors (Lipinski definition) is 0. The number of nitrogens with zero attached hydrogens (tertiary/aromatic N) is 1. The molecular weight excluding hydrogens is 262 g/mol. The lowest BCUT2D eigenvalue weighted by atomic mass is 10.1. The molecule has 0 aliphatic carbocycles. The standard InChI is InChI=1S/C18H17NO2/c1-12-4-8-16(9-5-12)18(20)14(3)21-17-10-15(11-19)7-6-13(17)2/h4-10,14H,1-3H3. The van der Waals surface area contributed by atoms with E-state index in [4.69, 9.17) is 10.00 Å². The molecule has 0 aromatic heterocycles. The van der Waals surface area contributed by atoms with Gasteiger partial charge in [-0.05, 0) is 38.5 Å². The van der Waals surface area contributed by atoms with Crippen molar-refractivity contribution in [1.82, 2.24) is 0 Å². The van der Waals surface area contributed by atoms with E-state index in [-0.39, 0.29) is 5.78 Å². The highest BCUT2D eigenvalue weighted by Gasteiger charge is 2.17. The van der Waals surface area contributed by atoms with Crippen LogP contribution in [-0.2, 0) is 0 Å². The third-order valence-corrected chi connectivity index (χ3v) is 3.33. The zero-order valence-electron chi connectivity index (χ0n) is 12.4. The van der Waals surface area contributed by atoms with Gasteiger partial charge in [0.25, 0.3) is 0 Å². The van der Waals surface area contributed by atoms with Gasteiger partial charge in [-0.25, -0.2) is 0 Å². The molecule has 0 aliphatic rings. The first-order chi connectivity index (χ1) is 10.0. The van der Waals surface area contributed by atoms with Crippen molar-refractivity contribution in [1.29, 1.82) is 5.26 Å². The molecule has 0 amide bonds. The summed E-state index contributed by atoms with van der Waals surface area (Å²) in [7, 11) is 0. The van der Waals surface area contributed by atoms with Crippen LogP contribution in [-0.4, -0.2) is 11.9 Å². The molecular formula is C18H17NO2. The van der Waals surface area contributed by atoms with E-state index in [1.807, 2.05) is 32.0 Å². The summed E-state index contributed by atoms with van der Waals surface area (Å²) in [5.41, 5.74) is 3.16. The van der Waals surface area contributed by atoms with Gasteiger partial charge in [-0.15, -0.1) is 0 Å². The van der Waals surface area contributed by atoms with E-state index in [1.54, 1.807) is 31.2 Å². The average Bonchev–Trinajstić information content (AvgIpc) is 2.49. The number of ether oxygens (including phenoxy) is 1. The molecule has 3 heteroatoms. The zero-order chi connectivity index (χ0) is 15.4. The number of carbonyl (C=O) groups is 1. The van der Waals surface area contributed by atoms with Gasteiger partial charge in [-0.3, -0.25) is 4.79 Å². The maximum absolute atomic E-state index is 12.3. The number of hydrogen-bond acceptors (Lipinski definition) is 3. The van der Waals surface area contributed by atoms with Crippen LogP contribution >= 0.6 is 0 Å². The summed E-state index contributed by atoms with van der Waals surface area (Å²) in [4.78, 5) is 12.3. The van der Waals surface area contributed by atoms with Crippen molar-refractivity contribution in [2.24, 2.45) is 0 Å². The molecule has 0 aliphatic heterocycles. The fourth-order valence-electron chi connectivity index (χ4n) is 1.99. The summed E-state index contributed by atoms with van der Waals surface area (Å²) >= 11 is 0. The van der Waals surface area contributed by atoms with Gasteiger partial charge in [-0.1, -0.05) is 35.9 Å². The molecule has 2 aromatic rings. The summed E-state index contributed by atoms with van der Waals surface area (Å²) in [5, 5.41) is 8.93. The Morgan fingerprint density at radius 2 is 1.81 bits per heavy atom. The highest BCUT2D eigenvalue weighted by molar-refractivity contribution is 5.99. The molecule has 0 heterocycles. The Morgan fingerprint density at radius 3 is 2.43 bits per heavy atom. The van der Waals surface area contributed by atoms with Gasteiger partial charge in [0, 0.05) is 5.56 Å². The summed E-state index contributed by atoms with van der Waals surface area (Å²) in [6.07, 6.45) is -0.597. The minimum Gasteiger partial charge on any atom is -0.482 e. The van der Waals surface area contributed by atoms with Crippen LogP contribution in [0.5, 0.6) is 5.75 Å². The second kappa shape index (κ2) is 6.23. The number of ketones is 1. The van der Waals surface area contributed by atoms with Crippen LogP contribution in [0, 0.1) is 25.2 Å². The Kier molecular flexibility index (Phi) is 4.39. The van der Waals surface area contributed by atoms with Crippen LogP contribution in [0.3, 0.4) is 0 Å². The van der Waals surface area contributed by atoms with E-state index < -0.39 is 6.10 Å². The van der Waals surface area contributed by atoms with Crippen molar-refractivity contribution in [3.8, 4) is 11.8 Å². The molecule has 21 heavy (non-hydrogen) atoms. The van der Waals surface area contributed by atoms with Crippen molar-refractivity contribution < 1.29 is 9.53 Å². The molecule has 0 fully saturated rings. The lowest BCUT2D eigenvalue weighted by Gasteiger charge is -2.15. The summed E-state index contributed by atoms with van der Waals surface area (Å²) < 4.78 is 5.73.